The lowest BCUT2D eigenvalue weighted by molar-refractivity contribution is -0.139. The molecular weight excluding hydrogens is 266 g/mol. The van der Waals surface area contributed by atoms with Crippen LogP contribution in [0, 0.1) is 0 Å². The number of para-hydroxylation sites is 1. The van der Waals surface area contributed by atoms with Crippen LogP contribution < -0.4 is 0 Å². The van der Waals surface area contributed by atoms with E-state index in [1.54, 1.807) is 11.3 Å². The van der Waals surface area contributed by atoms with Gasteiger partial charge in [-0.15, -0.1) is 11.3 Å². The van der Waals surface area contributed by atoms with Gasteiger partial charge in [0.2, 0.25) is 0 Å². The zero-order valence-corrected chi connectivity index (χ0v) is 11.4. The lowest BCUT2D eigenvalue weighted by Gasteiger charge is -2.21. The number of fused-ring (bicyclic) bond motifs is 1. The minimum absolute atomic E-state index is 0.645. The summed E-state index contributed by atoms with van der Waals surface area (Å²) in [5.74, 6) is -0.691. The van der Waals surface area contributed by atoms with Crippen molar-refractivity contribution in [3.8, 4) is 0 Å². The van der Waals surface area contributed by atoms with Gasteiger partial charge in [0, 0.05) is 0 Å². The third kappa shape index (κ3) is 2.01. The average molecular weight is 279 g/mol. The SMILES string of the molecule is O=C(O)C1(Sc2nc3ccccc3s2)CCCC1. The van der Waals surface area contributed by atoms with E-state index in [-0.39, 0.29) is 0 Å². The Morgan fingerprint density at radius 3 is 2.72 bits per heavy atom. The van der Waals surface area contributed by atoms with Crippen LogP contribution in [0.3, 0.4) is 0 Å². The fraction of sp³-hybridized carbons (Fsp3) is 0.385. The zero-order chi connectivity index (χ0) is 12.6. The van der Waals surface area contributed by atoms with E-state index in [4.69, 9.17) is 0 Å². The molecule has 0 spiro atoms. The van der Waals surface area contributed by atoms with Gasteiger partial charge < -0.3 is 5.11 Å². The van der Waals surface area contributed by atoms with Gasteiger partial charge in [-0.25, -0.2) is 4.98 Å². The molecule has 0 saturated heterocycles. The molecule has 0 aliphatic heterocycles. The number of carboxylic acid groups (broad SMARTS) is 1. The normalized spacial score (nSPS) is 18.2. The highest BCUT2D eigenvalue weighted by atomic mass is 32.2. The summed E-state index contributed by atoms with van der Waals surface area (Å²) in [6.07, 6.45) is 3.51. The van der Waals surface area contributed by atoms with Crippen LogP contribution >= 0.6 is 23.1 Å². The Balaban J connectivity index is 1.93. The summed E-state index contributed by atoms with van der Waals surface area (Å²) < 4.78 is 1.35. The maximum absolute atomic E-state index is 11.5. The molecule has 0 bridgehead atoms. The van der Waals surface area contributed by atoms with Crippen LogP contribution in [0.25, 0.3) is 10.2 Å². The first kappa shape index (κ1) is 12.0. The number of carbonyl (C=O) groups is 1. The van der Waals surface area contributed by atoms with E-state index in [0.29, 0.717) is 0 Å². The third-order valence-electron chi connectivity index (χ3n) is 3.36. The predicted molar refractivity (Wildman–Crippen MR) is 74.3 cm³/mol. The van der Waals surface area contributed by atoms with Crippen LogP contribution in [0.5, 0.6) is 0 Å². The number of hydrogen-bond donors (Lipinski definition) is 1. The van der Waals surface area contributed by atoms with E-state index in [0.717, 1.165) is 40.2 Å². The second-order valence-electron chi connectivity index (χ2n) is 4.56. The number of hydrogen-bond acceptors (Lipinski definition) is 4. The van der Waals surface area contributed by atoms with Crippen molar-refractivity contribution in [1.82, 2.24) is 4.98 Å². The standard InChI is InChI=1S/C13H13NO2S2/c15-11(16)13(7-3-4-8-13)18-12-14-9-5-1-2-6-10(9)17-12/h1-2,5-6H,3-4,7-8H2,(H,15,16). The van der Waals surface area contributed by atoms with Crippen molar-refractivity contribution in [2.24, 2.45) is 0 Å². The van der Waals surface area contributed by atoms with Gasteiger partial charge in [0.1, 0.15) is 4.75 Å². The summed E-state index contributed by atoms with van der Waals surface area (Å²) in [7, 11) is 0. The molecule has 1 fully saturated rings. The summed E-state index contributed by atoms with van der Waals surface area (Å²) in [6.45, 7) is 0. The Kier molecular flexibility index (Phi) is 3.03. The largest absolute Gasteiger partial charge is 0.480 e. The van der Waals surface area contributed by atoms with Crippen molar-refractivity contribution in [2.75, 3.05) is 0 Å². The van der Waals surface area contributed by atoms with Crippen molar-refractivity contribution in [3.63, 3.8) is 0 Å². The van der Waals surface area contributed by atoms with E-state index in [2.05, 4.69) is 4.98 Å². The molecule has 3 nitrogen and oxygen atoms in total. The van der Waals surface area contributed by atoms with Crippen molar-refractivity contribution < 1.29 is 9.90 Å². The lowest BCUT2D eigenvalue weighted by atomic mass is 10.1. The van der Waals surface area contributed by atoms with Gasteiger partial charge in [0.25, 0.3) is 0 Å². The number of carboxylic acids is 1. The summed E-state index contributed by atoms with van der Waals surface area (Å²) >= 11 is 3.03. The molecule has 1 aromatic carbocycles. The van der Waals surface area contributed by atoms with Gasteiger partial charge in [-0.3, -0.25) is 4.79 Å². The first-order chi connectivity index (χ1) is 8.70. The van der Waals surface area contributed by atoms with Gasteiger partial charge in [-0.1, -0.05) is 36.7 Å². The maximum atomic E-state index is 11.5. The summed E-state index contributed by atoms with van der Waals surface area (Å²) in [5, 5.41) is 9.46. The molecule has 18 heavy (non-hydrogen) atoms. The number of aliphatic carboxylic acids is 1. The zero-order valence-electron chi connectivity index (χ0n) is 9.76. The van der Waals surface area contributed by atoms with Crippen LogP contribution in [0.15, 0.2) is 28.6 Å². The number of thiazole rings is 1. The number of nitrogens with zero attached hydrogens (tertiary/aromatic N) is 1. The summed E-state index contributed by atoms with van der Waals surface area (Å²) in [6, 6.07) is 7.94. The predicted octanol–water partition coefficient (Wildman–Crippen LogP) is 3.79. The Hall–Kier alpha value is -1.07. The highest BCUT2D eigenvalue weighted by molar-refractivity contribution is 8.03. The molecule has 1 saturated carbocycles. The van der Waals surface area contributed by atoms with Gasteiger partial charge in [-0.05, 0) is 25.0 Å². The van der Waals surface area contributed by atoms with Crippen LogP contribution in [0.4, 0.5) is 0 Å². The number of rotatable bonds is 3. The Morgan fingerprint density at radius 1 is 1.33 bits per heavy atom. The molecule has 1 aromatic heterocycles. The minimum atomic E-state index is -0.691. The second kappa shape index (κ2) is 4.55. The topological polar surface area (TPSA) is 50.2 Å². The molecular formula is C13H13NO2S2. The number of aromatic nitrogens is 1. The van der Waals surface area contributed by atoms with E-state index >= 15 is 0 Å². The average Bonchev–Trinajstić information content (AvgIpc) is 2.95. The van der Waals surface area contributed by atoms with Gasteiger partial charge in [0.05, 0.1) is 10.2 Å². The molecule has 5 heteroatoms. The monoisotopic (exact) mass is 279 g/mol. The fourth-order valence-electron chi connectivity index (χ4n) is 2.37. The maximum Gasteiger partial charge on any atom is 0.320 e. The lowest BCUT2D eigenvalue weighted by Crippen LogP contribution is -2.31. The van der Waals surface area contributed by atoms with Crippen LogP contribution in [0.2, 0.25) is 0 Å². The fourth-order valence-corrected chi connectivity index (χ4v) is 5.04. The van der Waals surface area contributed by atoms with Crippen LogP contribution in [-0.2, 0) is 4.79 Å². The minimum Gasteiger partial charge on any atom is -0.480 e. The van der Waals surface area contributed by atoms with Crippen molar-refractivity contribution in [2.45, 2.75) is 34.8 Å². The number of thioether (sulfide) groups is 1. The quantitative estimate of drug-likeness (QED) is 0.928. The first-order valence-corrected chi connectivity index (χ1v) is 7.61. The van der Waals surface area contributed by atoms with Crippen molar-refractivity contribution >= 4 is 39.3 Å². The molecule has 0 atom stereocenters. The Morgan fingerprint density at radius 2 is 2.06 bits per heavy atom. The van der Waals surface area contributed by atoms with E-state index in [1.165, 1.54) is 11.8 Å². The van der Waals surface area contributed by atoms with Gasteiger partial charge in [0.15, 0.2) is 4.34 Å². The van der Waals surface area contributed by atoms with E-state index in [1.807, 2.05) is 24.3 Å². The van der Waals surface area contributed by atoms with Crippen molar-refractivity contribution in [3.05, 3.63) is 24.3 Å². The van der Waals surface area contributed by atoms with E-state index in [9.17, 15) is 9.90 Å². The molecule has 3 rings (SSSR count). The van der Waals surface area contributed by atoms with Gasteiger partial charge in [-0.2, -0.15) is 0 Å². The summed E-state index contributed by atoms with van der Waals surface area (Å²) in [5.41, 5.74) is 0.962. The van der Waals surface area contributed by atoms with Crippen molar-refractivity contribution in [1.29, 1.82) is 0 Å². The second-order valence-corrected chi connectivity index (χ2v) is 7.22. The molecule has 2 aromatic rings. The highest BCUT2D eigenvalue weighted by Crippen LogP contribution is 2.47. The molecule has 94 valence electrons. The number of benzene rings is 1. The van der Waals surface area contributed by atoms with Crippen LogP contribution in [-0.4, -0.2) is 20.8 Å². The smallest absolute Gasteiger partial charge is 0.320 e. The molecule has 0 radical (unpaired) electrons. The summed E-state index contributed by atoms with van der Waals surface area (Å²) in [4.78, 5) is 16.0. The molecule has 1 N–H and O–H groups in total. The highest BCUT2D eigenvalue weighted by Gasteiger charge is 2.43. The molecule has 1 aliphatic carbocycles. The first-order valence-electron chi connectivity index (χ1n) is 5.98. The third-order valence-corrected chi connectivity index (χ3v) is 5.93. The Bertz CT molecular complexity index is 554. The molecule has 0 amide bonds. The van der Waals surface area contributed by atoms with E-state index < -0.39 is 10.7 Å². The van der Waals surface area contributed by atoms with Gasteiger partial charge >= 0.3 is 5.97 Å². The molecule has 0 unspecified atom stereocenters. The van der Waals surface area contributed by atoms with Crippen LogP contribution in [0.1, 0.15) is 25.7 Å². The Labute approximate surface area is 113 Å². The molecule has 1 aliphatic rings. The molecule has 1 heterocycles.